The summed E-state index contributed by atoms with van der Waals surface area (Å²) in [4.78, 5) is 39.0. The van der Waals surface area contributed by atoms with Gasteiger partial charge < -0.3 is 27.1 Å². The zero-order valence-electron chi connectivity index (χ0n) is 88.3. The van der Waals surface area contributed by atoms with Crippen molar-refractivity contribution in [1.29, 1.82) is 26.3 Å². The van der Waals surface area contributed by atoms with E-state index in [1.807, 2.05) is 92.7 Å². The molecule has 8 aromatic carbocycles. The van der Waals surface area contributed by atoms with Crippen molar-refractivity contribution >= 4 is 127 Å². The SMILES string of the molecule is C=C(C)CBr.C=C(C)Cc1cc(Br)cc(-c2ccc(C#N)cc2)c1OP(=O)(N(C)C)N(C)C.CN(C)P(=O)(Oc1c(C(=O)C(C)(C)C)cc(C#N)cc1C(=O)C(C)(C)C)N(C)C.CN(C)P(=O)(Oc1ccc(Br)cc1)N(C)C.CN(C)P(=O)(Oc1ccc(Br)cc1-c1ccc(C#N)cc1)N(C)C.CN(C)P(=O)(Oc1ccc(C#N)cc1)N(C)C.CN(C)P(=O)(Oc1ccc(C#N)cc1C(=O)C(C)(C)C)N(C)C. The van der Waals surface area contributed by atoms with E-state index in [1.165, 1.54) is 48.5 Å². The molecule has 0 aliphatic heterocycles. The Morgan fingerprint density at radius 3 is 0.866 bits per heavy atom. The van der Waals surface area contributed by atoms with Crippen molar-refractivity contribution in [2.45, 2.75) is 82.6 Å². The quantitative estimate of drug-likeness (QED) is 0.0163. The average Bonchev–Trinajstić information content (AvgIpc) is 0.752. The van der Waals surface area contributed by atoms with Crippen molar-refractivity contribution in [3.8, 4) is 87.1 Å². The Morgan fingerprint density at radius 2 is 0.556 bits per heavy atom. The largest absolute Gasteiger partial charge is 0.422 e. The van der Waals surface area contributed by atoms with E-state index >= 15 is 0 Å². The number of benzene rings is 8. The second kappa shape index (κ2) is 56.3. The van der Waals surface area contributed by atoms with Crippen LogP contribution in [0.15, 0.2) is 195 Å². The van der Waals surface area contributed by atoms with Gasteiger partial charge in [-0.25, -0.2) is 83.4 Å². The molecule has 42 heteroatoms. The molecule has 0 fully saturated rings. The Morgan fingerprint density at radius 1 is 0.303 bits per heavy atom. The Bertz CT molecular complexity index is 6110. The van der Waals surface area contributed by atoms with E-state index in [1.54, 1.807) is 342 Å². The predicted octanol–water partition coefficient (Wildman–Crippen LogP) is 25.5. The second-order valence-corrected chi connectivity index (χ2v) is 57.4. The molecule has 32 nitrogen and oxygen atoms in total. The summed E-state index contributed by atoms with van der Waals surface area (Å²) in [6.45, 7) is 27.4. The summed E-state index contributed by atoms with van der Waals surface area (Å²) in [7, 11) is 21.3. The average molecular weight is 2320 g/mol. The van der Waals surface area contributed by atoms with Gasteiger partial charge in [0.1, 0.15) is 28.7 Å². The number of hydrogen-bond acceptors (Lipinski definition) is 20. The number of rotatable bonds is 32. The number of alkyl halides is 1. The van der Waals surface area contributed by atoms with Crippen LogP contribution in [0.5, 0.6) is 34.5 Å². The number of Topliss-reactive ketones (excluding diaryl/α,β-unsaturated/α-hetero) is 3. The number of nitriles is 5. The fourth-order valence-corrected chi connectivity index (χ4v) is 21.8. The van der Waals surface area contributed by atoms with E-state index in [9.17, 15) is 47.0 Å². The molecule has 0 unspecified atom stereocenters. The molecular formula is C100H139Br4N17O15P6. The van der Waals surface area contributed by atoms with E-state index in [-0.39, 0.29) is 51.1 Å². The molecule has 0 aromatic heterocycles. The topological polar surface area (TPSA) is 367 Å². The molecule has 142 heavy (non-hydrogen) atoms. The molecule has 0 saturated heterocycles. The van der Waals surface area contributed by atoms with E-state index in [2.05, 4.69) is 89.0 Å². The molecule has 0 aliphatic carbocycles. The van der Waals surface area contributed by atoms with E-state index in [0.29, 0.717) is 51.7 Å². The maximum atomic E-state index is 13.5. The van der Waals surface area contributed by atoms with Gasteiger partial charge in [0.15, 0.2) is 23.1 Å². The Balaban J connectivity index is 0.000000576. The van der Waals surface area contributed by atoms with Gasteiger partial charge in [0.05, 0.1) is 74.9 Å². The maximum absolute atomic E-state index is 13.5. The molecule has 0 heterocycles. The number of nitrogens with zero attached hydrogens (tertiary/aromatic N) is 17. The first-order chi connectivity index (χ1) is 65.3. The van der Waals surface area contributed by atoms with Gasteiger partial charge in [0.2, 0.25) is 0 Å². The molecule has 0 saturated carbocycles. The minimum absolute atomic E-state index is 0.0467. The van der Waals surface area contributed by atoms with Crippen LogP contribution in [-0.4, -0.2) is 248 Å². The zero-order valence-corrected chi connectivity index (χ0v) is 100.0. The molecule has 0 bridgehead atoms. The molecule has 772 valence electrons. The summed E-state index contributed by atoms with van der Waals surface area (Å²) in [5, 5.41) is 46.2. The Kier molecular flexibility index (Phi) is 51.3. The van der Waals surface area contributed by atoms with Crippen molar-refractivity contribution in [3.05, 3.63) is 246 Å². The lowest BCUT2D eigenvalue weighted by molar-refractivity contribution is 0.0845. The maximum Gasteiger partial charge on any atom is 0.394 e. The van der Waals surface area contributed by atoms with Crippen LogP contribution in [0.4, 0.5) is 0 Å². The first-order valence-corrected chi connectivity index (χ1v) is 56.4. The van der Waals surface area contributed by atoms with Crippen LogP contribution < -0.4 is 27.1 Å². The third-order valence-electron chi connectivity index (χ3n) is 19.7. The van der Waals surface area contributed by atoms with E-state index in [4.69, 9.17) is 48.2 Å². The molecular weight excluding hydrogens is 2180 g/mol. The first kappa shape index (κ1) is 129. The lowest BCUT2D eigenvalue weighted by Gasteiger charge is -2.32. The van der Waals surface area contributed by atoms with Gasteiger partial charge in [-0.15, -0.1) is 0 Å². The number of allylic oxidation sites excluding steroid dienone is 2. The highest BCUT2D eigenvalue weighted by Gasteiger charge is 2.42. The van der Waals surface area contributed by atoms with Gasteiger partial charge in [0.25, 0.3) is 0 Å². The van der Waals surface area contributed by atoms with Gasteiger partial charge in [-0.3, -0.25) is 14.4 Å². The summed E-state index contributed by atoms with van der Waals surface area (Å²) in [5.74, 6) is 1.53. The van der Waals surface area contributed by atoms with Crippen molar-refractivity contribution in [1.82, 2.24) is 56.0 Å². The number of hydrogen-bond donors (Lipinski definition) is 0. The summed E-state index contributed by atoms with van der Waals surface area (Å²) < 4.78 is 134. The Hall–Kier alpha value is -8.68. The van der Waals surface area contributed by atoms with Crippen molar-refractivity contribution in [2.24, 2.45) is 16.2 Å². The van der Waals surface area contributed by atoms with Gasteiger partial charge in [-0.05, 0) is 334 Å². The van der Waals surface area contributed by atoms with Crippen LogP contribution in [-0.2, 0) is 33.8 Å². The molecule has 0 amide bonds. The fraction of sp³-hybridized carbons (Fsp3) is 0.400. The predicted molar refractivity (Wildman–Crippen MR) is 588 cm³/mol. The van der Waals surface area contributed by atoms with Crippen LogP contribution >= 0.6 is 110 Å². The first-order valence-electron chi connectivity index (χ1n) is 43.7. The summed E-state index contributed by atoms with van der Waals surface area (Å²) in [6.07, 6.45) is 0.596. The number of carbonyl (C=O) groups excluding carboxylic acids is 3. The summed E-state index contributed by atoms with van der Waals surface area (Å²) >= 11 is 13.6. The van der Waals surface area contributed by atoms with E-state index in [0.717, 1.165) is 52.1 Å². The minimum atomic E-state index is -3.57. The highest BCUT2D eigenvalue weighted by Crippen LogP contribution is 2.58. The number of ketones is 3. The van der Waals surface area contributed by atoms with Crippen molar-refractivity contribution < 1.29 is 68.9 Å². The van der Waals surface area contributed by atoms with Gasteiger partial charge in [0, 0.05) is 51.7 Å². The van der Waals surface area contributed by atoms with Gasteiger partial charge >= 0.3 is 46.0 Å². The third-order valence-corrected chi connectivity index (χ3v) is 36.9. The van der Waals surface area contributed by atoms with Crippen LogP contribution in [0, 0.1) is 72.9 Å². The van der Waals surface area contributed by atoms with Crippen LogP contribution in [0.25, 0.3) is 22.3 Å². The zero-order chi connectivity index (χ0) is 110. The molecule has 0 aliphatic rings. The molecule has 0 atom stereocenters. The van der Waals surface area contributed by atoms with E-state index < -0.39 is 62.3 Å². The van der Waals surface area contributed by atoms with Gasteiger partial charge in [-0.2, -0.15) is 26.3 Å². The lowest BCUT2D eigenvalue weighted by atomic mass is 9.81. The molecule has 8 aromatic rings. The summed E-state index contributed by atoms with van der Waals surface area (Å²) in [5.41, 5.74) is 6.82. The van der Waals surface area contributed by atoms with Crippen LogP contribution in [0.1, 0.15) is 141 Å². The van der Waals surface area contributed by atoms with Crippen molar-refractivity contribution in [3.63, 3.8) is 0 Å². The normalized spacial score (nSPS) is 11.9. The molecule has 0 N–H and O–H groups in total. The minimum Gasteiger partial charge on any atom is -0.422 e. The van der Waals surface area contributed by atoms with Crippen LogP contribution in [0.2, 0.25) is 0 Å². The lowest BCUT2D eigenvalue weighted by Crippen LogP contribution is -2.28. The van der Waals surface area contributed by atoms with Crippen molar-refractivity contribution in [2.75, 3.05) is 174 Å². The second-order valence-electron chi connectivity index (χ2n) is 37.5. The van der Waals surface area contributed by atoms with Crippen LogP contribution in [0.3, 0.4) is 0 Å². The van der Waals surface area contributed by atoms with Gasteiger partial charge in [-0.1, -0.05) is 175 Å². The smallest absolute Gasteiger partial charge is 0.394 e. The summed E-state index contributed by atoms with van der Waals surface area (Å²) in [6, 6.07) is 55.3. The number of halogens is 4. The fourth-order valence-electron chi connectivity index (χ4n) is 11.9. The highest BCUT2D eigenvalue weighted by molar-refractivity contribution is 9.11. The third kappa shape index (κ3) is 37.1. The number of carbonyl (C=O) groups is 3. The molecule has 8 rings (SSSR count). The molecule has 0 radical (unpaired) electrons. The monoisotopic (exact) mass is 2320 g/mol. The Labute approximate surface area is 877 Å². The standard InChI is InChI=1S/C21H25BrN3O2P.C21H32N3O4P.C17H19BrN3O2P.C16H24N3O3P.C11H16N3O2P.C10H16BrN2O2P.C4H7Br/c1-15(2)11-18-12-19(22)13-20(17-9-7-16(14-23)8-10-17)21(18)27-28(26,24(3)4)25(5)6;1-20(2,3)18(25)15-11-14(13-22)12-16(19(26)21(4,5)6)17(15)28-29(27,23(7)8)24(9)10;1-20(2)24(22,21(3)4)23-17-10-9-15(18)11-16(17)14-7-5-13(12-19)6-8-14;1-16(2,3)15(20)13-10-12(11-17)8-9-14(13)22-23(21,18(4)5)19(6)7;1-13(2)17(15,14(3)4)16-11-7-5-10(9-12)6-8-11;1-12(2)16(14,13(3)4)15-10-7-5-9(11)6-8-10;1-4(2)3-5/h7-10,12-13H,1,11H2,2-6H3;11-12H,1-10H3;5-11H,1-4H3;8-10H,1-7H3;5-8H,1-4H3;5-8H,1-4H3;1,3H2,2H3. The molecule has 0 spiro atoms. The highest BCUT2D eigenvalue weighted by atomic mass is 79.9.